The molecular formula is C46H23N3OS. The quantitative estimate of drug-likeness (QED) is 0.173. The molecule has 0 fully saturated rings. The van der Waals surface area contributed by atoms with Crippen molar-refractivity contribution in [2.45, 2.75) is 0 Å². The molecule has 0 unspecified atom stereocenters. The highest BCUT2D eigenvalue weighted by molar-refractivity contribution is 7.26. The first-order chi connectivity index (χ1) is 25.3. The van der Waals surface area contributed by atoms with Gasteiger partial charge in [-0.2, -0.15) is 0 Å². The molecule has 4 aromatic heterocycles. The summed E-state index contributed by atoms with van der Waals surface area (Å²) >= 11 is 1.88. The van der Waals surface area contributed by atoms with Crippen molar-refractivity contribution in [2.24, 2.45) is 0 Å². The highest BCUT2D eigenvalue weighted by atomic mass is 32.1. The van der Waals surface area contributed by atoms with Crippen molar-refractivity contribution in [3.63, 3.8) is 0 Å². The van der Waals surface area contributed by atoms with Crippen LogP contribution in [0.15, 0.2) is 144 Å². The van der Waals surface area contributed by atoms with Crippen molar-refractivity contribution in [1.82, 2.24) is 14.5 Å². The predicted octanol–water partition coefficient (Wildman–Crippen LogP) is 12.9. The lowest BCUT2D eigenvalue weighted by molar-refractivity contribution is 0.669. The number of aromatic nitrogens is 3. The minimum absolute atomic E-state index is 0.794. The van der Waals surface area contributed by atoms with E-state index in [2.05, 4.69) is 132 Å². The molecule has 4 nitrogen and oxygen atoms in total. The van der Waals surface area contributed by atoms with E-state index >= 15 is 0 Å². The third-order valence-electron chi connectivity index (χ3n) is 11.1. The standard InChI is InChI=1S/C46H23N3OS/c1-2-10-26-24(8-1)18-20-32-43(26)48-44(31-15-6-14-30-27-11-3-4-16-35(27)50-45(30)31)46(47-32)49-33-21-19-25-9-5-12-28-29-13-7-17-36-39(29)42-37(51-36)23-22-34(49)41(42)40(33)38(25)28/h1-23H. The average molecular weight is 666 g/mol. The monoisotopic (exact) mass is 665 g/mol. The number of hydrogen-bond donors (Lipinski definition) is 0. The predicted molar refractivity (Wildman–Crippen MR) is 213 cm³/mol. The SMILES string of the molecule is c1ccc2c(c1)ccc1nc(-n3c4ccc5cccc6c5c4c4c5c(ccc43)sc3cccc-6c35)c(-c3cccc4c3oc3ccccc34)nc12. The summed E-state index contributed by atoms with van der Waals surface area (Å²) in [5.74, 6) is 0.794. The Bertz CT molecular complexity index is 3550. The molecule has 0 N–H and O–H groups in total. The number of nitrogens with zero attached hydrogens (tertiary/aromatic N) is 3. The normalized spacial score (nSPS) is 12.7. The Labute approximate surface area is 293 Å². The molecule has 234 valence electrons. The third-order valence-corrected chi connectivity index (χ3v) is 12.2. The summed E-state index contributed by atoms with van der Waals surface area (Å²) in [6.07, 6.45) is 0. The van der Waals surface area contributed by atoms with Crippen molar-refractivity contribution in [2.75, 3.05) is 0 Å². The van der Waals surface area contributed by atoms with Crippen LogP contribution in [0.3, 0.4) is 0 Å². The third kappa shape index (κ3) is 3.21. The van der Waals surface area contributed by atoms with E-state index in [1.54, 1.807) is 0 Å². The van der Waals surface area contributed by atoms with Crippen LogP contribution in [0.1, 0.15) is 0 Å². The van der Waals surface area contributed by atoms with Gasteiger partial charge in [0.2, 0.25) is 0 Å². The van der Waals surface area contributed by atoms with Gasteiger partial charge in [0.05, 0.1) is 22.1 Å². The Morgan fingerprint density at radius 2 is 1.16 bits per heavy atom. The minimum Gasteiger partial charge on any atom is -0.455 e. The van der Waals surface area contributed by atoms with Crippen molar-refractivity contribution in [3.8, 4) is 28.2 Å². The molecule has 0 amide bonds. The number of benzene rings is 8. The maximum Gasteiger partial charge on any atom is 0.165 e. The molecular weight excluding hydrogens is 643 g/mol. The van der Waals surface area contributed by atoms with E-state index < -0.39 is 0 Å². The van der Waals surface area contributed by atoms with Crippen LogP contribution < -0.4 is 0 Å². The maximum atomic E-state index is 6.67. The van der Waals surface area contributed by atoms with E-state index in [9.17, 15) is 0 Å². The van der Waals surface area contributed by atoms with Gasteiger partial charge in [-0.05, 0) is 69.8 Å². The van der Waals surface area contributed by atoms with Crippen LogP contribution in [-0.4, -0.2) is 14.5 Å². The van der Waals surface area contributed by atoms with Crippen LogP contribution in [0.5, 0.6) is 0 Å². The average Bonchev–Trinajstić information content (AvgIpc) is 3.83. The molecule has 8 aromatic carbocycles. The second kappa shape index (κ2) is 9.16. The van der Waals surface area contributed by atoms with Gasteiger partial charge in [-0.3, -0.25) is 4.57 Å². The summed E-state index contributed by atoms with van der Waals surface area (Å²) in [5, 5.41) is 12.1. The summed E-state index contributed by atoms with van der Waals surface area (Å²) in [6, 6.07) is 50.0. The van der Waals surface area contributed by atoms with E-state index in [-0.39, 0.29) is 0 Å². The van der Waals surface area contributed by atoms with Crippen LogP contribution >= 0.6 is 11.3 Å². The molecule has 0 atom stereocenters. The van der Waals surface area contributed by atoms with Crippen LogP contribution in [0.25, 0.3) is 125 Å². The minimum atomic E-state index is 0.794. The molecule has 0 spiro atoms. The van der Waals surface area contributed by atoms with Crippen molar-refractivity contribution < 1.29 is 4.42 Å². The molecule has 1 aliphatic rings. The summed E-state index contributed by atoms with van der Waals surface area (Å²) in [6.45, 7) is 0. The number of para-hydroxylation sites is 2. The second-order valence-electron chi connectivity index (χ2n) is 13.6. The van der Waals surface area contributed by atoms with E-state index in [1.165, 1.54) is 52.8 Å². The Kier molecular flexibility index (Phi) is 4.73. The topological polar surface area (TPSA) is 43.9 Å². The van der Waals surface area contributed by atoms with Gasteiger partial charge >= 0.3 is 0 Å². The summed E-state index contributed by atoms with van der Waals surface area (Å²) in [5.41, 5.74) is 9.98. The van der Waals surface area contributed by atoms with Gasteiger partial charge in [-0.25, -0.2) is 9.97 Å². The number of furan rings is 1. The van der Waals surface area contributed by atoms with Crippen LogP contribution in [0.4, 0.5) is 0 Å². The zero-order chi connectivity index (χ0) is 32.9. The van der Waals surface area contributed by atoms with Gasteiger partial charge in [-0.15, -0.1) is 11.3 Å². The fraction of sp³-hybridized carbons (Fsp3) is 0. The lowest BCUT2D eigenvalue weighted by Gasteiger charge is -2.15. The lowest BCUT2D eigenvalue weighted by Crippen LogP contribution is -2.04. The van der Waals surface area contributed by atoms with E-state index in [0.29, 0.717) is 0 Å². The summed E-state index contributed by atoms with van der Waals surface area (Å²) in [7, 11) is 0. The van der Waals surface area contributed by atoms with Gasteiger partial charge in [-0.1, -0.05) is 97.1 Å². The van der Waals surface area contributed by atoms with Crippen molar-refractivity contribution >= 4 is 108 Å². The largest absolute Gasteiger partial charge is 0.455 e. The zero-order valence-corrected chi connectivity index (χ0v) is 27.8. The fourth-order valence-corrected chi connectivity index (χ4v) is 10.1. The van der Waals surface area contributed by atoms with Gasteiger partial charge in [0.25, 0.3) is 0 Å². The highest BCUT2D eigenvalue weighted by Gasteiger charge is 2.28. The molecule has 13 rings (SSSR count). The number of hydrogen-bond acceptors (Lipinski definition) is 4. The first-order valence-corrected chi connectivity index (χ1v) is 18.1. The maximum absolute atomic E-state index is 6.67. The van der Waals surface area contributed by atoms with Gasteiger partial charge < -0.3 is 4.42 Å². The van der Waals surface area contributed by atoms with Gasteiger partial charge in [0, 0.05) is 52.7 Å². The molecule has 0 aliphatic heterocycles. The number of rotatable bonds is 2. The first-order valence-electron chi connectivity index (χ1n) is 17.3. The molecule has 0 bridgehead atoms. The van der Waals surface area contributed by atoms with E-state index in [4.69, 9.17) is 14.4 Å². The molecule has 4 heterocycles. The second-order valence-corrected chi connectivity index (χ2v) is 14.7. The Morgan fingerprint density at radius 1 is 0.471 bits per heavy atom. The van der Waals surface area contributed by atoms with Crippen LogP contribution in [0.2, 0.25) is 0 Å². The van der Waals surface area contributed by atoms with Crippen LogP contribution in [0, 0.1) is 0 Å². The molecule has 51 heavy (non-hydrogen) atoms. The van der Waals surface area contributed by atoms with Gasteiger partial charge in [0.1, 0.15) is 16.9 Å². The first kappa shape index (κ1) is 26.3. The highest BCUT2D eigenvalue weighted by Crippen LogP contribution is 2.52. The molecule has 0 saturated carbocycles. The van der Waals surface area contributed by atoms with E-state index in [1.807, 2.05) is 23.5 Å². The van der Waals surface area contributed by atoms with Crippen molar-refractivity contribution in [3.05, 3.63) is 140 Å². The van der Waals surface area contributed by atoms with Crippen molar-refractivity contribution in [1.29, 1.82) is 0 Å². The van der Waals surface area contributed by atoms with E-state index in [0.717, 1.165) is 71.9 Å². The molecule has 12 aromatic rings. The Balaban J connectivity index is 1.27. The molecule has 5 heteroatoms. The van der Waals surface area contributed by atoms with Gasteiger partial charge in [0.15, 0.2) is 5.82 Å². The Hall–Kier alpha value is -6.56. The molecule has 0 radical (unpaired) electrons. The summed E-state index contributed by atoms with van der Waals surface area (Å²) < 4.78 is 11.7. The van der Waals surface area contributed by atoms with Crippen LogP contribution in [-0.2, 0) is 0 Å². The number of thiophene rings is 1. The molecule has 0 saturated heterocycles. The fourth-order valence-electron chi connectivity index (χ4n) is 9.00. The summed E-state index contributed by atoms with van der Waals surface area (Å²) in [4.78, 5) is 11.2. The number of fused-ring (bicyclic) bond motifs is 7. The Morgan fingerprint density at radius 3 is 2.10 bits per heavy atom. The smallest absolute Gasteiger partial charge is 0.165 e. The zero-order valence-electron chi connectivity index (χ0n) is 26.9. The molecule has 1 aliphatic carbocycles. The lowest BCUT2D eigenvalue weighted by atomic mass is 9.95.